The first kappa shape index (κ1) is 15.6. The van der Waals surface area contributed by atoms with Crippen molar-refractivity contribution in [2.45, 2.75) is 17.1 Å². The number of nitrogens with one attached hydrogen (secondary N) is 1. The average Bonchev–Trinajstić information content (AvgIpc) is 2.97. The Balaban J connectivity index is 1.70. The van der Waals surface area contributed by atoms with Gasteiger partial charge in [0, 0.05) is 28.1 Å². The van der Waals surface area contributed by atoms with Crippen LogP contribution in [-0.2, 0) is 5.75 Å². The van der Waals surface area contributed by atoms with Crippen LogP contribution in [0.4, 0.5) is 0 Å². The largest absolute Gasteiger partial charge is 0.493 e. The number of thioether (sulfide) groups is 1. The zero-order valence-electron chi connectivity index (χ0n) is 14.1. The Bertz CT molecular complexity index is 869. The molecule has 124 valence electrons. The molecule has 24 heavy (non-hydrogen) atoms. The lowest BCUT2D eigenvalue weighted by Crippen LogP contribution is -2.15. The molecule has 0 fully saturated rings. The molecule has 4 rings (SSSR count). The second kappa shape index (κ2) is 6.54. The van der Waals surface area contributed by atoms with Crippen LogP contribution in [0.1, 0.15) is 12.0 Å². The summed E-state index contributed by atoms with van der Waals surface area (Å²) in [6.45, 7) is 1.79. The number of aromatic amines is 1. The highest BCUT2D eigenvalue weighted by molar-refractivity contribution is 7.98. The molecule has 0 amide bonds. The summed E-state index contributed by atoms with van der Waals surface area (Å²) in [4.78, 5) is 7.11. The predicted molar refractivity (Wildman–Crippen MR) is 102 cm³/mol. The van der Waals surface area contributed by atoms with E-state index in [0.29, 0.717) is 0 Å². The van der Waals surface area contributed by atoms with E-state index < -0.39 is 0 Å². The summed E-state index contributed by atoms with van der Waals surface area (Å²) in [6, 6.07) is 14.9. The fraction of sp³-hybridized carbons (Fsp3) is 0.300. The van der Waals surface area contributed by atoms with E-state index in [-0.39, 0.29) is 0 Å². The number of fused-ring (bicyclic) bond motifs is 5. The van der Waals surface area contributed by atoms with Crippen LogP contribution in [-0.4, -0.2) is 37.1 Å². The van der Waals surface area contributed by atoms with Gasteiger partial charge >= 0.3 is 0 Å². The van der Waals surface area contributed by atoms with E-state index in [1.165, 1.54) is 32.6 Å². The summed E-state index contributed by atoms with van der Waals surface area (Å²) in [5.74, 6) is 2.00. The van der Waals surface area contributed by atoms with Crippen LogP contribution in [0.25, 0.3) is 22.2 Å². The lowest BCUT2D eigenvalue weighted by Gasteiger charge is -2.20. The van der Waals surface area contributed by atoms with E-state index in [0.717, 1.165) is 31.1 Å². The number of rotatable bonds is 5. The molecular weight excluding hydrogens is 316 g/mol. The Hall–Kier alpha value is -1.91. The van der Waals surface area contributed by atoms with Gasteiger partial charge in [-0.25, -0.2) is 0 Å². The Kier molecular flexibility index (Phi) is 4.25. The number of nitrogens with zero attached hydrogens (tertiary/aromatic N) is 1. The number of H-pyrrole nitrogens is 1. The summed E-state index contributed by atoms with van der Waals surface area (Å²) in [7, 11) is 4.19. The zero-order valence-corrected chi connectivity index (χ0v) is 15.0. The normalized spacial score (nSPS) is 13.1. The van der Waals surface area contributed by atoms with E-state index in [4.69, 9.17) is 4.74 Å². The lowest BCUT2D eigenvalue weighted by molar-refractivity contribution is 0.282. The standard InChI is InChI=1S/C20H22N2OS/c1-22(2)11-6-12-23-17-9-5-10-18-19(17)20-15(13-24-18)14-7-3-4-8-16(14)21-20/h3-5,7-10,21H,6,11-13H2,1-2H3. The van der Waals surface area contributed by atoms with Gasteiger partial charge in [0.15, 0.2) is 0 Å². The monoisotopic (exact) mass is 338 g/mol. The van der Waals surface area contributed by atoms with Crippen LogP contribution in [0.3, 0.4) is 0 Å². The van der Waals surface area contributed by atoms with Crippen molar-refractivity contribution in [1.29, 1.82) is 0 Å². The molecule has 0 atom stereocenters. The van der Waals surface area contributed by atoms with Gasteiger partial charge in [-0.2, -0.15) is 0 Å². The molecule has 2 aromatic carbocycles. The van der Waals surface area contributed by atoms with Gasteiger partial charge in [-0.3, -0.25) is 0 Å². The second-order valence-corrected chi connectivity index (χ2v) is 7.46. The Labute approximate surface area is 147 Å². The zero-order chi connectivity index (χ0) is 16.5. The fourth-order valence-electron chi connectivity index (χ4n) is 3.27. The van der Waals surface area contributed by atoms with Crippen LogP contribution >= 0.6 is 11.8 Å². The van der Waals surface area contributed by atoms with Crippen LogP contribution in [0.2, 0.25) is 0 Å². The van der Waals surface area contributed by atoms with Gasteiger partial charge in [0.05, 0.1) is 17.9 Å². The van der Waals surface area contributed by atoms with E-state index in [1.54, 1.807) is 0 Å². The highest BCUT2D eigenvalue weighted by Gasteiger charge is 2.24. The summed E-state index contributed by atoms with van der Waals surface area (Å²) in [5.41, 5.74) is 5.06. The Morgan fingerprint density at radius 3 is 2.88 bits per heavy atom. The number of aromatic nitrogens is 1. The SMILES string of the molecule is CN(C)CCCOc1cccc2c1-c1[nH]c3ccccc3c1CS2. The van der Waals surface area contributed by atoms with Crippen LogP contribution in [0.15, 0.2) is 47.4 Å². The average molecular weight is 338 g/mol. The first-order valence-electron chi connectivity index (χ1n) is 8.37. The van der Waals surface area contributed by atoms with Crippen molar-refractivity contribution in [2.24, 2.45) is 0 Å². The molecule has 1 aliphatic rings. The molecule has 1 aromatic heterocycles. The first-order chi connectivity index (χ1) is 11.7. The Morgan fingerprint density at radius 1 is 1.12 bits per heavy atom. The molecule has 0 unspecified atom stereocenters. The van der Waals surface area contributed by atoms with Gasteiger partial charge < -0.3 is 14.6 Å². The molecule has 2 heterocycles. The van der Waals surface area contributed by atoms with Crippen molar-refractivity contribution in [1.82, 2.24) is 9.88 Å². The van der Waals surface area contributed by atoms with Gasteiger partial charge in [0.2, 0.25) is 0 Å². The van der Waals surface area contributed by atoms with Crippen LogP contribution in [0.5, 0.6) is 5.75 Å². The summed E-state index contributed by atoms with van der Waals surface area (Å²) < 4.78 is 6.15. The van der Waals surface area contributed by atoms with Crippen molar-refractivity contribution >= 4 is 22.7 Å². The lowest BCUT2D eigenvalue weighted by atomic mass is 10.0. The maximum Gasteiger partial charge on any atom is 0.129 e. The fourth-order valence-corrected chi connectivity index (χ4v) is 4.40. The molecule has 3 aromatic rings. The van der Waals surface area contributed by atoms with Crippen molar-refractivity contribution < 1.29 is 4.74 Å². The number of benzene rings is 2. The van der Waals surface area contributed by atoms with Gasteiger partial charge in [0.25, 0.3) is 0 Å². The number of hydrogen-bond acceptors (Lipinski definition) is 3. The van der Waals surface area contributed by atoms with E-state index in [1.807, 2.05) is 11.8 Å². The smallest absolute Gasteiger partial charge is 0.129 e. The van der Waals surface area contributed by atoms with Crippen LogP contribution in [0, 0.1) is 0 Å². The quantitative estimate of drug-likeness (QED) is 0.679. The van der Waals surface area contributed by atoms with E-state index in [9.17, 15) is 0 Å². The van der Waals surface area contributed by atoms with Crippen LogP contribution < -0.4 is 4.74 Å². The number of para-hydroxylation sites is 1. The van der Waals surface area contributed by atoms with Crippen molar-refractivity contribution in [3.63, 3.8) is 0 Å². The molecule has 0 spiro atoms. The van der Waals surface area contributed by atoms with Crippen molar-refractivity contribution in [3.8, 4) is 17.0 Å². The first-order valence-corrected chi connectivity index (χ1v) is 9.36. The highest BCUT2D eigenvalue weighted by atomic mass is 32.2. The maximum atomic E-state index is 6.15. The summed E-state index contributed by atoms with van der Waals surface area (Å²) >= 11 is 1.90. The van der Waals surface area contributed by atoms with Gasteiger partial charge in [-0.15, -0.1) is 11.8 Å². The predicted octanol–water partition coefficient (Wildman–Crippen LogP) is 4.77. The number of hydrogen-bond donors (Lipinski definition) is 1. The molecule has 1 N–H and O–H groups in total. The second-order valence-electron chi connectivity index (χ2n) is 6.45. The minimum absolute atomic E-state index is 0.745. The number of ether oxygens (including phenoxy) is 1. The third-order valence-corrected chi connectivity index (χ3v) is 5.52. The third kappa shape index (κ3) is 2.80. The molecular formula is C20H22N2OS. The van der Waals surface area contributed by atoms with Crippen molar-refractivity contribution in [2.75, 3.05) is 27.2 Å². The maximum absolute atomic E-state index is 6.15. The summed E-state index contributed by atoms with van der Waals surface area (Å²) in [5, 5.41) is 1.33. The molecule has 4 heteroatoms. The van der Waals surface area contributed by atoms with Gasteiger partial charge in [-0.1, -0.05) is 24.3 Å². The topological polar surface area (TPSA) is 28.3 Å². The van der Waals surface area contributed by atoms with E-state index >= 15 is 0 Å². The minimum Gasteiger partial charge on any atom is -0.493 e. The highest BCUT2D eigenvalue weighted by Crippen LogP contribution is 2.47. The molecule has 0 aliphatic carbocycles. The molecule has 0 saturated heterocycles. The molecule has 0 radical (unpaired) electrons. The summed E-state index contributed by atoms with van der Waals surface area (Å²) in [6.07, 6.45) is 1.03. The van der Waals surface area contributed by atoms with Gasteiger partial charge in [-0.05, 0) is 44.3 Å². The third-order valence-electron chi connectivity index (χ3n) is 4.43. The van der Waals surface area contributed by atoms with E-state index in [2.05, 4.69) is 66.4 Å². The molecule has 1 aliphatic heterocycles. The molecule has 0 bridgehead atoms. The Morgan fingerprint density at radius 2 is 2.00 bits per heavy atom. The molecule has 3 nitrogen and oxygen atoms in total. The van der Waals surface area contributed by atoms with Crippen molar-refractivity contribution in [3.05, 3.63) is 48.0 Å². The molecule has 0 saturated carbocycles. The van der Waals surface area contributed by atoms with Gasteiger partial charge in [0.1, 0.15) is 5.75 Å². The minimum atomic E-state index is 0.745.